The van der Waals surface area contributed by atoms with E-state index in [0.29, 0.717) is 32.6 Å². The zero-order chi connectivity index (χ0) is 25.2. The molecule has 3 rings (SSSR count). The minimum absolute atomic E-state index is 0.0878. The summed E-state index contributed by atoms with van der Waals surface area (Å²) in [4.78, 5) is 48.0. The molecule has 1 aliphatic rings. The Morgan fingerprint density at radius 3 is 2.51 bits per heavy atom. The van der Waals surface area contributed by atoms with Crippen LogP contribution >= 0.6 is 0 Å². The third-order valence-electron chi connectivity index (χ3n) is 6.08. The summed E-state index contributed by atoms with van der Waals surface area (Å²) < 4.78 is 11.2. The number of amides is 3. The summed E-state index contributed by atoms with van der Waals surface area (Å²) in [7, 11) is 1.45. The van der Waals surface area contributed by atoms with Gasteiger partial charge in [0.1, 0.15) is 18.7 Å². The molecule has 1 saturated heterocycles. The number of likely N-dealkylation sites (N-methyl/N-ethyl adjacent to an activating group) is 1. The van der Waals surface area contributed by atoms with E-state index in [4.69, 9.17) is 9.47 Å². The number of aromatic nitrogens is 1. The maximum Gasteiger partial charge on any atom is 0.259 e. The summed E-state index contributed by atoms with van der Waals surface area (Å²) >= 11 is 0. The van der Waals surface area contributed by atoms with Crippen molar-refractivity contribution < 1.29 is 23.9 Å². The van der Waals surface area contributed by atoms with Gasteiger partial charge >= 0.3 is 0 Å². The molecule has 0 radical (unpaired) electrons. The highest BCUT2D eigenvalue weighted by Gasteiger charge is 2.32. The number of carbonyl (C=O) groups is 3. The summed E-state index contributed by atoms with van der Waals surface area (Å²) in [5, 5.41) is 0. The zero-order valence-corrected chi connectivity index (χ0v) is 20.7. The topological polar surface area (TPSA) is 92.3 Å². The summed E-state index contributed by atoms with van der Waals surface area (Å²) in [6.07, 6.45) is 1.71. The van der Waals surface area contributed by atoms with Gasteiger partial charge in [0.15, 0.2) is 0 Å². The highest BCUT2D eigenvalue weighted by Crippen LogP contribution is 2.19. The third kappa shape index (κ3) is 7.02. The van der Waals surface area contributed by atoms with Gasteiger partial charge in [-0.3, -0.25) is 14.4 Å². The van der Waals surface area contributed by atoms with E-state index in [1.165, 1.54) is 12.0 Å². The molecule has 0 N–H and O–H groups in total. The molecule has 188 valence electrons. The molecule has 1 aliphatic heterocycles. The minimum atomic E-state index is -0.511. The Bertz CT molecular complexity index is 996. The Morgan fingerprint density at radius 2 is 1.83 bits per heavy atom. The van der Waals surface area contributed by atoms with Gasteiger partial charge in [-0.1, -0.05) is 30.3 Å². The molecule has 1 aromatic heterocycles. The molecule has 1 atom stereocenters. The van der Waals surface area contributed by atoms with E-state index in [2.05, 4.69) is 4.98 Å². The van der Waals surface area contributed by atoms with Crippen LogP contribution in [0.1, 0.15) is 29.8 Å². The molecule has 0 aliphatic carbocycles. The SMILES string of the molecule is CCN(CC)C(=O)CO[C@H]1CN(CCc2ccccc2)C(=O)CN(C(=O)c2cccnc2OC)C1. The van der Waals surface area contributed by atoms with Crippen molar-refractivity contribution in [3.8, 4) is 5.88 Å². The third-order valence-corrected chi connectivity index (χ3v) is 6.08. The van der Waals surface area contributed by atoms with Crippen molar-refractivity contribution >= 4 is 17.7 Å². The number of hydrogen-bond acceptors (Lipinski definition) is 6. The van der Waals surface area contributed by atoms with Crippen LogP contribution in [0, 0.1) is 0 Å². The lowest BCUT2D eigenvalue weighted by molar-refractivity contribution is -0.138. The average Bonchev–Trinajstić information content (AvgIpc) is 3.05. The number of pyridine rings is 1. The highest BCUT2D eigenvalue weighted by atomic mass is 16.5. The second kappa shape index (κ2) is 12.9. The van der Waals surface area contributed by atoms with Crippen LogP contribution in [0.3, 0.4) is 0 Å². The number of methoxy groups -OCH3 is 1. The second-order valence-electron chi connectivity index (χ2n) is 8.32. The quantitative estimate of drug-likeness (QED) is 0.513. The first-order valence-corrected chi connectivity index (χ1v) is 12.0. The summed E-state index contributed by atoms with van der Waals surface area (Å²) in [5.41, 5.74) is 1.39. The van der Waals surface area contributed by atoms with E-state index in [0.717, 1.165) is 5.56 Å². The Morgan fingerprint density at radius 1 is 1.09 bits per heavy atom. The molecular formula is C26H34N4O5. The van der Waals surface area contributed by atoms with Gasteiger partial charge in [0.2, 0.25) is 17.7 Å². The summed E-state index contributed by atoms with van der Waals surface area (Å²) in [6.45, 7) is 5.79. The van der Waals surface area contributed by atoms with Gasteiger partial charge in [-0.05, 0) is 38.0 Å². The van der Waals surface area contributed by atoms with Crippen LogP contribution in [0.5, 0.6) is 5.88 Å². The van der Waals surface area contributed by atoms with Crippen LogP contribution in [-0.4, -0.2) is 96.5 Å². The van der Waals surface area contributed by atoms with Crippen molar-refractivity contribution in [1.29, 1.82) is 0 Å². The molecule has 0 bridgehead atoms. The lowest BCUT2D eigenvalue weighted by Crippen LogP contribution is -2.41. The molecule has 35 heavy (non-hydrogen) atoms. The van der Waals surface area contributed by atoms with Gasteiger partial charge in [-0.15, -0.1) is 0 Å². The van der Waals surface area contributed by atoms with Crippen LogP contribution in [0.25, 0.3) is 0 Å². The van der Waals surface area contributed by atoms with Crippen molar-refractivity contribution in [3.63, 3.8) is 0 Å². The maximum absolute atomic E-state index is 13.4. The number of hydrogen-bond donors (Lipinski definition) is 0. The van der Waals surface area contributed by atoms with Gasteiger partial charge in [0.25, 0.3) is 5.91 Å². The smallest absolute Gasteiger partial charge is 0.259 e. The first-order chi connectivity index (χ1) is 17.0. The van der Waals surface area contributed by atoms with Crippen LogP contribution in [0.15, 0.2) is 48.7 Å². The van der Waals surface area contributed by atoms with Gasteiger partial charge in [0, 0.05) is 38.9 Å². The van der Waals surface area contributed by atoms with E-state index in [9.17, 15) is 14.4 Å². The Labute approximate surface area is 206 Å². The lowest BCUT2D eigenvalue weighted by Gasteiger charge is -2.26. The van der Waals surface area contributed by atoms with E-state index in [1.54, 1.807) is 28.1 Å². The van der Waals surface area contributed by atoms with Crippen LogP contribution in [-0.2, 0) is 20.7 Å². The first-order valence-electron chi connectivity index (χ1n) is 12.0. The first kappa shape index (κ1) is 26.2. The summed E-state index contributed by atoms with van der Waals surface area (Å²) in [6, 6.07) is 13.2. The molecule has 0 unspecified atom stereocenters. The van der Waals surface area contributed by atoms with Crippen molar-refractivity contribution in [3.05, 3.63) is 59.8 Å². The highest BCUT2D eigenvalue weighted by molar-refractivity contribution is 5.98. The lowest BCUT2D eigenvalue weighted by atomic mass is 10.1. The molecule has 3 amide bonds. The Hall–Kier alpha value is -3.46. The number of nitrogens with zero attached hydrogens (tertiary/aromatic N) is 4. The molecule has 2 heterocycles. The fraction of sp³-hybridized carbons (Fsp3) is 0.462. The summed E-state index contributed by atoms with van der Waals surface area (Å²) in [5.74, 6) is -0.451. The molecule has 0 spiro atoms. The van der Waals surface area contributed by atoms with Gasteiger partial charge in [-0.2, -0.15) is 0 Å². The van der Waals surface area contributed by atoms with Gasteiger partial charge < -0.3 is 24.2 Å². The molecule has 9 nitrogen and oxygen atoms in total. The molecule has 1 aromatic carbocycles. The van der Waals surface area contributed by atoms with Gasteiger partial charge in [0.05, 0.1) is 13.2 Å². The molecular weight excluding hydrogens is 448 g/mol. The van der Waals surface area contributed by atoms with E-state index in [-0.39, 0.29) is 48.9 Å². The Kier molecular flexibility index (Phi) is 9.60. The minimum Gasteiger partial charge on any atom is -0.480 e. The van der Waals surface area contributed by atoms with Crippen molar-refractivity contribution in [2.45, 2.75) is 26.4 Å². The largest absolute Gasteiger partial charge is 0.480 e. The molecule has 1 fully saturated rings. The predicted octanol–water partition coefficient (Wildman–Crippen LogP) is 1.87. The molecule has 2 aromatic rings. The molecule has 9 heteroatoms. The fourth-order valence-corrected chi connectivity index (χ4v) is 4.11. The normalized spacial score (nSPS) is 16.1. The maximum atomic E-state index is 13.4. The van der Waals surface area contributed by atoms with Crippen LogP contribution in [0.4, 0.5) is 0 Å². The van der Waals surface area contributed by atoms with Gasteiger partial charge in [-0.25, -0.2) is 4.98 Å². The predicted molar refractivity (Wildman–Crippen MR) is 131 cm³/mol. The number of rotatable bonds is 10. The van der Waals surface area contributed by atoms with E-state index < -0.39 is 6.10 Å². The van der Waals surface area contributed by atoms with Crippen LogP contribution in [0.2, 0.25) is 0 Å². The monoisotopic (exact) mass is 482 g/mol. The van der Waals surface area contributed by atoms with Crippen molar-refractivity contribution in [2.75, 3.05) is 53.0 Å². The second-order valence-corrected chi connectivity index (χ2v) is 8.32. The number of benzene rings is 1. The average molecular weight is 483 g/mol. The Balaban J connectivity index is 1.78. The number of ether oxygens (including phenoxy) is 2. The standard InChI is InChI=1S/C26H34N4O5/c1-4-28(5-2)24(32)19-35-21-16-29(15-13-20-10-7-6-8-11-20)23(31)18-30(17-21)26(33)22-12-9-14-27-25(22)34-3/h6-12,14,21H,4-5,13,15-19H2,1-3H3/t21-/m0/s1. The molecule has 0 saturated carbocycles. The fourth-order valence-electron chi connectivity index (χ4n) is 4.11. The number of carbonyl (C=O) groups excluding carboxylic acids is 3. The van der Waals surface area contributed by atoms with E-state index >= 15 is 0 Å². The van der Waals surface area contributed by atoms with Crippen molar-refractivity contribution in [2.24, 2.45) is 0 Å². The van der Waals surface area contributed by atoms with E-state index in [1.807, 2.05) is 44.2 Å². The van der Waals surface area contributed by atoms with Crippen LogP contribution < -0.4 is 4.74 Å². The zero-order valence-electron chi connectivity index (χ0n) is 20.7. The van der Waals surface area contributed by atoms with Crippen molar-refractivity contribution in [1.82, 2.24) is 19.7 Å².